The molecule has 1 aromatic rings. The van der Waals surface area contributed by atoms with E-state index in [0.29, 0.717) is 0 Å². The fourth-order valence-corrected chi connectivity index (χ4v) is 1.83. The van der Waals surface area contributed by atoms with Gasteiger partial charge in [-0.25, -0.2) is 4.79 Å². The molecule has 0 bridgehead atoms. The van der Waals surface area contributed by atoms with Gasteiger partial charge in [-0.15, -0.1) is 0 Å². The van der Waals surface area contributed by atoms with E-state index in [9.17, 15) is 9.90 Å². The van der Waals surface area contributed by atoms with E-state index in [0.717, 1.165) is 18.5 Å². The Hall–Kier alpha value is -1.77. The number of carboxylic acids is 1. The number of hydrogen-bond donors (Lipinski definition) is 1. The van der Waals surface area contributed by atoms with E-state index in [1.807, 2.05) is 47.5 Å². The van der Waals surface area contributed by atoms with Gasteiger partial charge in [0, 0.05) is 6.54 Å². The van der Waals surface area contributed by atoms with Crippen LogP contribution in [-0.4, -0.2) is 22.5 Å². The van der Waals surface area contributed by atoms with Crippen LogP contribution >= 0.6 is 0 Å². The number of aliphatic carboxylic acids is 1. The van der Waals surface area contributed by atoms with Crippen molar-refractivity contribution in [3.63, 3.8) is 0 Å². The average Bonchev–Trinajstić information content (AvgIpc) is 2.72. The first-order valence-electron chi connectivity index (χ1n) is 4.99. The van der Waals surface area contributed by atoms with Crippen molar-refractivity contribution in [3.8, 4) is 0 Å². The predicted octanol–water partition coefficient (Wildman–Crippen LogP) is 2.03. The van der Waals surface area contributed by atoms with Crippen molar-refractivity contribution in [2.75, 3.05) is 6.54 Å². The average molecular weight is 203 g/mol. The van der Waals surface area contributed by atoms with Crippen LogP contribution in [0.5, 0.6) is 0 Å². The molecule has 0 aromatic heterocycles. The van der Waals surface area contributed by atoms with Crippen LogP contribution in [0.4, 0.5) is 0 Å². The first-order valence-corrected chi connectivity index (χ1v) is 4.99. The van der Waals surface area contributed by atoms with Crippen molar-refractivity contribution < 1.29 is 9.90 Å². The van der Waals surface area contributed by atoms with Crippen molar-refractivity contribution in [3.05, 3.63) is 48.2 Å². The minimum Gasteiger partial charge on any atom is -0.479 e. The highest BCUT2D eigenvalue weighted by atomic mass is 16.4. The Morgan fingerprint density at radius 2 is 2.07 bits per heavy atom. The predicted molar refractivity (Wildman–Crippen MR) is 57.3 cm³/mol. The summed E-state index contributed by atoms with van der Waals surface area (Å²) in [6.45, 7) is 0.784. The topological polar surface area (TPSA) is 40.5 Å². The lowest BCUT2D eigenvalue weighted by atomic mass is 10.1. The van der Waals surface area contributed by atoms with Gasteiger partial charge in [0.05, 0.1) is 0 Å². The summed E-state index contributed by atoms with van der Waals surface area (Å²) < 4.78 is 0. The van der Waals surface area contributed by atoms with Gasteiger partial charge in [-0.2, -0.15) is 0 Å². The number of rotatable bonds is 3. The zero-order valence-corrected chi connectivity index (χ0v) is 8.34. The molecule has 15 heavy (non-hydrogen) atoms. The second-order valence-corrected chi connectivity index (χ2v) is 3.56. The number of carbonyl (C=O) groups is 1. The lowest BCUT2D eigenvalue weighted by molar-refractivity contribution is -0.142. The molecule has 1 aromatic carbocycles. The second kappa shape index (κ2) is 4.17. The van der Waals surface area contributed by atoms with Gasteiger partial charge in [0.2, 0.25) is 0 Å². The van der Waals surface area contributed by atoms with E-state index in [-0.39, 0.29) is 0 Å². The Labute approximate surface area is 88.6 Å². The molecule has 1 N–H and O–H groups in total. The van der Waals surface area contributed by atoms with Gasteiger partial charge in [-0.1, -0.05) is 36.4 Å². The molecule has 0 amide bonds. The number of benzene rings is 1. The zero-order chi connectivity index (χ0) is 10.7. The molecule has 1 atom stereocenters. The summed E-state index contributed by atoms with van der Waals surface area (Å²) >= 11 is 0. The molecule has 2 rings (SSSR count). The third-order valence-electron chi connectivity index (χ3n) is 2.53. The normalized spacial score (nSPS) is 16.7. The molecule has 0 radical (unpaired) electrons. The van der Waals surface area contributed by atoms with E-state index in [4.69, 9.17) is 0 Å². The Balaban J connectivity index is 2.27. The van der Waals surface area contributed by atoms with E-state index >= 15 is 0 Å². The first-order chi connectivity index (χ1) is 7.29. The third-order valence-corrected chi connectivity index (χ3v) is 2.53. The molecule has 0 saturated carbocycles. The molecule has 3 nitrogen and oxygen atoms in total. The second-order valence-electron chi connectivity index (χ2n) is 3.56. The fourth-order valence-electron chi connectivity index (χ4n) is 1.83. The SMILES string of the molecule is O=C(O)C(c1ccccc1)N1C=CCC1. The van der Waals surface area contributed by atoms with Gasteiger partial charge in [0.1, 0.15) is 0 Å². The van der Waals surface area contributed by atoms with Crippen LogP contribution in [0.3, 0.4) is 0 Å². The molecular formula is C12H13NO2. The van der Waals surface area contributed by atoms with Crippen molar-refractivity contribution in [1.29, 1.82) is 0 Å². The van der Waals surface area contributed by atoms with Crippen LogP contribution in [0.1, 0.15) is 18.0 Å². The van der Waals surface area contributed by atoms with Gasteiger partial charge >= 0.3 is 5.97 Å². The summed E-state index contributed by atoms with van der Waals surface area (Å²) in [5.74, 6) is -0.798. The maximum atomic E-state index is 11.2. The van der Waals surface area contributed by atoms with E-state index < -0.39 is 12.0 Å². The van der Waals surface area contributed by atoms with Crippen molar-refractivity contribution in [2.45, 2.75) is 12.5 Å². The zero-order valence-electron chi connectivity index (χ0n) is 8.34. The Morgan fingerprint density at radius 3 is 2.60 bits per heavy atom. The van der Waals surface area contributed by atoms with Gasteiger partial charge < -0.3 is 10.0 Å². The Bertz CT molecular complexity index is 372. The maximum Gasteiger partial charge on any atom is 0.331 e. The highest BCUT2D eigenvalue weighted by Gasteiger charge is 2.25. The minimum atomic E-state index is -0.798. The maximum absolute atomic E-state index is 11.2. The highest BCUT2D eigenvalue weighted by molar-refractivity contribution is 5.75. The summed E-state index contributed by atoms with van der Waals surface area (Å²) in [5, 5.41) is 9.21. The quantitative estimate of drug-likeness (QED) is 0.817. The molecule has 0 spiro atoms. The van der Waals surface area contributed by atoms with Gasteiger partial charge in [0.25, 0.3) is 0 Å². The summed E-state index contributed by atoms with van der Waals surface area (Å²) in [6, 6.07) is 8.78. The van der Waals surface area contributed by atoms with Gasteiger partial charge in [-0.05, 0) is 18.2 Å². The largest absolute Gasteiger partial charge is 0.479 e. The van der Waals surface area contributed by atoms with Crippen LogP contribution in [0.2, 0.25) is 0 Å². The monoisotopic (exact) mass is 203 g/mol. The van der Waals surface area contributed by atoms with Crippen molar-refractivity contribution in [1.82, 2.24) is 4.90 Å². The van der Waals surface area contributed by atoms with Crippen LogP contribution in [0.25, 0.3) is 0 Å². The first kappa shape index (κ1) is 9.77. The van der Waals surface area contributed by atoms with Crippen molar-refractivity contribution >= 4 is 5.97 Å². The smallest absolute Gasteiger partial charge is 0.331 e. The Morgan fingerprint density at radius 1 is 1.33 bits per heavy atom. The Kier molecular flexibility index (Phi) is 2.72. The van der Waals surface area contributed by atoms with Crippen LogP contribution < -0.4 is 0 Å². The lowest BCUT2D eigenvalue weighted by Gasteiger charge is -2.24. The molecule has 78 valence electrons. The fraction of sp³-hybridized carbons (Fsp3) is 0.250. The van der Waals surface area contributed by atoms with Crippen LogP contribution in [0, 0.1) is 0 Å². The van der Waals surface area contributed by atoms with E-state index in [1.54, 1.807) is 0 Å². The van der Waals surface area contributed by atoms with Gasteiger partial charge in [-0.3, -0.25) is 0 Å². The summed E-state index contributed by atoms with van der Waals surface area (Å²) in [6.07, 6.45) is 4.79. The number of hydrogen-bond acceptors (Lipinski definition) is 2. The highest BCUT2D eigenvalue weighted by Crippen LogP contribution is 2.24. The summed E-state index contributed by atoms with van der Waals surface area (Å²) in [4.78, 5) is 13.1. The standard InChI is InChI=1S/C12H13NO2/c14-12(15)11(13-8-4-5-9-13)10-6-2-1-3-7-10/h1-4,6-8,11H,5,9H2,(H,14,15). The van der Waals surface area contributed by atoms with Crippen LogP contribution in [0.15, 0.2) is 42.6 Å². The van der Waals surface area contributed by atoms with Crippen molar-refractivity contribution in [2.24, 2.45) is 0 Å². The summed E-state index contributed by atoms with van der Waals surface area (Å²) in [7, 11) is 0. The molecule has 0 saturated heterocycles. The lowest BCUT2D eigenvalue weighted by Crippen LogP contribution is -2.28. The third kappa shape index (κ3) is 2.01. The van der Waals surface area contributed by atoms with Gasteiger partial charge in [0.15, 0.2) is 6.04 Å². The molecule has 0 fully saturated rings. The molecule has 1 aliphatic rings. The van der Waals surface area contributed by atoms with Crippen LogP contribution in [-0.2, 0) is 4.79 Å². The number of nitrogens with zero attached hydrogens (tertiary/aromatic N) is 1. The molecule has 1 aliphatic heterocycles. The number of carboxylic acid groups (broad SMARTS) is 1. The molecule has 3 heteroatoms. The van der Waals surface area contributed by atoms with E-state index in [2.05, 4.69) is 0 Å². The molecular weight excluding hydrogens is 190 g/mol. The minimum absolute atomic E-state index is 0.551. The molecule has 1 unspecified atom stereocenters. The molecule has 0 aliphatic carbocycles. The summed E-state index contributed by atoms with van der Waals surface area (Å²) in [5.41, 5.74) is 0.830. The molecule has 1 heterocycles. The van der Waals surface area contributed by atoms with E-state index in [1.165, 1.54) is 0 Å².